The lowest BCUT2D eigenvalue weighted by atomic mass is 9.97. The van der Waals surface area contributed by atoms with Crippen LogP contribution in [-0.2, 0) is 14.8 Å². The molecule has 0 aliphatic carbocycles. The molecule has 1 aromatic rings. The third-order valence-corrected chi connectivity index (χ3v) is 6.88. The molecule has 1 amide bonds. The zero-order valence-electron chi connectivity index (χ0n) is 15.2. The Morgan fingerprint density at radius 1 is 1.27 bits per heavy atom. The highest BCUT2D eigenvalue weighted by molar-refractivity contribution is 7.89. The van der Waals surface area contributed by atoms with Gasteiger partial charge in [-0.05, 0) is 50.6 Å². The Balaban J connectivity index is 1.77. The van der Waals surface area contributed by atoms with E-state index in [1.54, 1.807) is 18.2 Å². The van der Waals surface area contributed by atoms with Crippen molar-refractivity contribution in [1.82, 2.24) is 14.5 Å². The van der Waals surface area contributed by atoms with E-state index in [4.69, 9.17) is 4.74 Å². The van der Waals surface area contributed by atoms with Crippen LogP contribution in [0.2, 0.25) is 0 Å². The lowest BCUT2D eigenvalue weighted by Gasteiger charge is -2.33. The third-order valence-electron chi connectivity index (χ3n) is 4.99. The largest absolute Gasteiger partial charge is 0.379 e. The van der Waals surface area contributed by atoms with Gasteiger partial charge < -0.3 is 15.0 Å². The number of hydrogen-bond acceptors (Lipinski definition) is 5. The molecular weight excluding hydrogens is 354 g/mol. The first-order valence-corrected chi connectivity index (χ1v) is 10.6. The number of sulfonamides is 1. The number of carbonyl (C=O) groups is 1. The van der Waals surface area contributed by atoms with Gasteiger partial charge in [0.1, 0.15) is 0 Å². The molecule has 0 radical (unpaired) electrons. The molecule has 2 aliphatic rings. The number of piperidine rings is 1. The van der Waals surface area contributed by atoms with Crippen LogP contribution in [0, 0.1) is 5.92 Å². The molecule has 26 heavy (non-hydrogen) atoms. The Hall–Kier alpha value is -1.48. The summed E-state index contributed by atoms with van der Waals surface area (Å²) < 4.78 is 32.3. The standard InChI is InChI=1S/C18H27N3O4S/c1-19-13-15-4-3-7-20(14-15)18(22)16-5-2-6-17(12-16)26(23,24)21-8-10-25-11-9-21/h2,5-6,12,15,19H,3-4,7-11,13-14H2,1H3. The van der Waals surface area contributed by atoms with Crippen LogP contribution in [0.25, 0.3) is 0 Å². The van der Waals surface area contributed by atoms with Crippen molar-refractivity contribution in [1.29, 1.82) is 0 Å². The predicted molar refractivity (Wildman–Crippen MR) is 98.6 cm³/mol. The number of likely N-dealkylation sites (tertiary alicyclic amines) is 1. The highest BCUT2D eigenvalue weighted by Crippen LogP contribution is 2.22. The summed E-state index contributed by atoms with van der Waals surface area (Å²) in [7, 11) is -1.68. The minimum Gasteiger partial charge on any atom is -0.379 e. The smallest absolute Gasteiger partial charge is 0.253 e. The molecule has 8 heteroatoms. The number of rotatable bonds is 5. The second kappa shape index (κ2) is 8.47. The fourth-order valence-electron chi connectivity index (χ4n) is 3.61. The normalized spacial score (nSPS) is 22.3. The first kappa shape index (κ1) is 19.3. The first-order chi connectivity index (χ1) is 12.5. The zero-order chi connectivity index (χ0) is 18.6. The monoisotopic (exact) mass is 381 g/mol. The minimum absolute atomic E-state index is 0.0927. The van der Waals surface area contributed by atoms with E-state index in [0.29, 0.717) is 44.3 Å². The van der Waals surface area contributed by atoms with Crippen LogP contribution in [0.1, 0.15) is 23.2 Å². The van der Waals surface area contributed by atoms with Crippen molar-refractivity contribution in [2.24, 2.45) is 5.92 Å². The van der Waals surface area contributed by atoms with E-state index in [0.717, 1.165) is 25.9 Å². The Morgan fingerprint density at radius 2 is 2.04 bits per heavy atom. The number of hydrogen-bond donors (Lipinski definition) is 1. The van der Waals surface area contributed by atoms with Crippen LogP contribution in [0.3, 0.4) is 0 Å². The first-order valence-electron chi connectivity index (χ1n) is 9.14. The molecule has 3 rings (SSSR count). The van der Waals surface area contributed by atoms with Gasteiger partial charge in [0.05, 0.1) is 18.1 Å². The quantitative estimate of drug-likeness (QED) is 0.815. The van der Waals surface area contributed by atoms with Gasteiger partial charge in [0.25, 0.3) is 5.91 Å². The minimum atomic E-state index is -3.60. The molecule has 1 atom stereocenters. The Bertz CT molecular complexity index is 730. The van der Waals surface area contributed by atoms with Gasteiger partial charge in [-0.25, -0.2) is 8.42 Å². The highest BCUT2D eigenvalue weighted by Gasteiger charge is 2.28. The van der Waals surface area contributed by atoms with Crippen LogP contribution in [0.4, 0.5) is 0 Å². The van der Waals surface area contributed by atoms with E-state index in [-0.39, 0.29) is 10.8 Å². The molecular formula is C18H27N3O4S. The third kappa shape index (κ3) is 4.25. The SMILES string of the molecule is CNCC1CCCN(C(=O)c2cccc(S(=O)(=O)N3CCOCC3)c2)C1. The van der Waals surface area contributed by atoms with Crippen LogP contribution >= 0.6 is 0 Å². The highest BCUT2D eigenvalue weighted by atomic mass is 32.2. The molecule has 0 bridgehead atoms. The maximum Gasteiger partial charge on any atom is 0.253 e. The number of morpholine rings is 1. The Morgan fingerprint density at radius 3 is 2.77 bits per heavy atom. The van der Waals surface area contributed by atoms with Gasteiger partial charge in [-0.15, -0.1) is 0 Å². The van der Waals surface area contributed by atoms with Crippen molar-refractivity contribution >= 4 is 15.9 Å². The van der Waals surface area contributed by atoms with Gasteiger partial charge >= 0.3 is 0 Å². The van der Waals surface area contributed by atoms with Crippen molar-refractivity contribution in [2.75, 3.05) is 53.0 Å². The average Bonchev–Trinajstić information content (AvgIpc) is 2.69. The van der Waals surface area contributed by atoms with Gasteiger partial charge in [-0.2, -0.15) is 4.31 Å². The van der Waals surface area contributed by atoms with Crippen molar-refractivity contribution in [2.45, 2.75) is 17.7 Å². The molecule has 0 spiro atoms. The zero-order valence-corrected chi connectivity index (χ0v) is 16.0. The van der Waals surface area contributed by atoms with Crippen LogP contribution in [0.15, 0.2) is 29.2 Å². The number of nitrogens with zero attached hydrogens (tertiary/aromatic N) is 2. The molecule has 1 unspecified atom stereocenters. The Labute approximate surface area is 155 Å². The summed E-state index contributed by atoms with van der Waals surface area (Å²) in [6, 6.07) is 6.41. The second-order valence-electron chi connectivity index (χ2n) is 6.86. The number of nitrogens with one attached hydrogen (secondary N) is 1. The van der Waals surface area contributed by atoms with E-state index in [1.807, 2.05) is 11.9 Å². The summed E-state index contributed by atoms with van der Waals surface area (Å²) >= 11 is 0. The lowest BCUT2D eigenvalue weighted by molar-refractivity contribution is 0.0673. The van der Waals surface area contributed by atoms with Crippen molar-refractivity contribution in [3.05, 3.63) is 29.8 Å². The maximum absolute atomic E-state index is 12.9. The van der Waals surface area contributed by atoms with E-state index in [9.17, 15) is 13.2 Å². The molecule has 2 aliphatic heterocycles. The summed E-state index contributed by atoms with van der Waals surface area (Å²) in [6.07, 6.45) is 2.08. The van der Waals surface area contributed by atoms with Crippen molar-refractivity contribution < 1.29 is 17.9 Å². The lowest BCUT2D eigenvalue weighted by Crippen LogP contribution is -2.42. The maximum atomic E-state index is 12.9. The number of carbonyl (C=O) groups excluding carboxylic acids is 1. The molecule has 0 aromatic heterocycles. The fraction of sp³-hybridized carbons (Fsp3) is 0.611. The van der Waals surface area contributed by atoms with E-state index >= 15 is 0 Å². The van der Waals surface area contributed by atoms with Crippen LogP contribution < -0.4 is 5.32 Å². The summed E-state index contributed by atoms with van der Waals surface area (Å²) in [5, 5.41) is 3.17. The summed E-state index contributed by atoms with van der Waals surface area (Å²) in [5.41, 5.74) is 0.435. The van der Waals surface area contributed by atoms with E-state index in [1.165, 1.54) is 10.4 Å². The van der Waals surface area contributed by atoms with Crippen molar-refractivity contribution in [3.63, 3.8) is 0 Å². The number of benzene rings is 1. The van der Waals surface area contributed by atoms with Gasteiger partial charge in [0.15, 0.2) is 0 Å². The molecule has 1 N–H and O–H groups in total. The summed E-state index contributed by atoms with van der Waals surface area (Å²) in [6.45, 7) is 3.81. The van der Waals surface area contributed by atoms with E-state index < -0.39 is 10.0 Å². The van der Waals surface area contributed by atoms with Crippen molar-refractivity contribution in [3.8, 4) is 0 Å². The fourth-order valence-corrected chi connectivity index (χ4v) is 5.07. The Kier molecular flexibility index (Phi) is 6.29. The number of ether oxygens (including phenoxy) is 1. The molecule has 2 heterocycles. The molecule has 2 saturated heterocycles. The molecule has 7 nitrogen and oxygen atoms in total. The molecule has 144 valence electrons. The molecule has 1 aromatic carbocycles. The second-order valence-corrected chi connectivity index (χ2v) is 8.80. The average molecular weight is 381 g/mol. The van der Waals surface area contributed by atoms with Crippen LogP contribution in [0.5, 0.6) is 0 Å². The van der Waals surface area contributed by atoms with Gasteiger partial charge in [0.2, 0.25) is 10.0 Å². The number of amides is 1. The van der Waals surface area contributed by atoms with Gasteiger partial charge in [-0.1, -0.05) is 6.07 Å². The molecule has 0 saturated carbocycles. The van der Waals surface area contributed by atoms with E-state index in [2.05, 4.69) is 5.32 Å². The van der Waals surface area contributed by atoms with Gasteiger partial charge in [0, 0.05) is 31.7 Å². The predicted octanol–water partition coefficient (Wildman–Crippen LogP) is 0.779. The van der Waals surface area contributed by atoms with Crippen LogP contribution in [-0.4, -0.2) is 76.5 Å². The summed E-state index contributed by atoms with van der Waals surface area (Å²) in [5.74, 6) is 0.350. The molecule has 2 fully saturated rings. The van der Waals surface area contributed by atoms with Gasteiger partial charge in [-0.3, -0.25) is 4.79 Å². The summed E-state index contributed by atoms with van der Waals surface area (Å²) in [4.78, 5) is 14.9. The topological polar surface area (TPSA) is 79.0 Å².